The van der Waals surface area contributed by atoms with E-state index < -0.39 is 5.60 Å². The third kappa shape index (κ3) is 9.51. The number of rotatable bonds is 5. The third-order valence-electron chi connectivity index (χ3n) is 3.71. The average molecular weight is 296 g/mol. The van der Waals surface area contributed by atoms with Gasteiger partial charge in [0.25, 0.3) is 0 Å². The normalized spacial score (nSPS) is 23.8. The molecule has 4 heteroatoms. The lowest BCUT2D eigenvalue weighted by Crippen LogP contribution is -2.32. The lowest BCUT2D eigenvalue weighted by atomic mass is 10.0. The van der Waals surface area contributed by atoms with Crippen LogP contribution in [0.25, 0.3) is 0 Å². The fourth-order valence-electron chi connectivity index (χ4n) is 2.55. The van der Waals surface area contributed by atoms with E-state index in [2.05, 4.69) is 23.6 Å². The van der Waals surface area contributed by atoms with Gasteiger partial charge in [-0.1, -0.05) is 31.9 Å². The Morgan fingerprint density at radius 1 is 1.14 bits per heavy atom. The maximum atomic E-state index is 11.4. The number of amides is 1. The van der Waals surface area contributed by atoms with Gasteiger partial charge in [0, 0.05) is 19.1 Å². The fourth-order valence-corrected chi connectivity index (χ4v) is 2.55. The Morgan fingerprint density at radius 2 is 1.86 bits per heavy atom. The summed E-state index contributed by atoms with van der Waals surface area (Å²) in [5, 5.41) is 6.30. The number of alkyl carbamates (subject to hydrolysis) is 1. The molecule has 4 nitrogen and oxygen atoms in total. The van der Waals surface area contributed by atoms with Crippen LogP contribution in [-0.2, 0) is 4.74 Å². The molecular weight excluding hydrogens is 264 g/mol. The molecule has 0 heterocycles. The molecule has 0 aromatic rings. The summed E-state index contributed by atoms with van der Waals surface area (Å²) in [4.78, 5) is 11.4. The van der Waals surface area contributed by atoms with Crippen molar-refractivity contribution in [3.8, 4) is 0 Å². The molecule has 0 bridgehead atoms. The number of carbonyl (C=O) groups is 1. The molecule has 122 valence electrons. The van der Waals surface area contributed by atoms with Crippen LogP contribution in [-0.4, -0.2) is 30.8 Å². The molecule has 0 aliphatic heterocycles. The molecule has 21 heavy (non-hydrogen) atoms. The van der Waals surface area contributed by atoms with Crippen molar-refractivity contribution in [1.29, 1.82) is 0 Å². The standard InChI is InChI=1S/C17H32N2O2/c1-14-8-7-9-15(11-10-14)18-12-5-6-13-19-16(20)21-17(2,3)4/h5-6,14-15,18H,7-13H2,1-4H3,(H,19,20)/b6-5+. The molecule has 1 aliphatic carbocycles. The van der Waals surface area contributed by atoms with E-state index in [9.17, 15) is 4.79 Å². The minimum atomic E-state index is -0.439. The zero-order chi connectivity index (χ0) is 15.7. The molecule has 1 amide bonds. The second kappa shape index (κ2) is 9.08. The zero-order valence-corrected chi connectivity index (χ0v) is 14.1. The largest absolute Gasteiger partial charge is 0.444 e. The van der Waals surface area contributed by atoms with Gasteiger partial charge in [0.15, 0.2) is 0 Å². The number of ether oxygens (including phenoxy) is 1. The van der Waals surface area contributed by atoms with Crippen molar-refractivity contribution in [2.75, 3.05) is 13.1 Å². The van der Waals surface area contributed by atoms with Crippen molar-refractivity contribution in [1.82, 2.24) is 10.6 Å². The molecule has 2 N–H and O–H groups in total. The van der Waals surface area contributed by atoms with E-state index in [1.54, 1.807) is 0 Å². The van der Waals surface area contributed by atoms with Crippen LogP contribution in [0.4, 0.5) is 4.79 Å². The monoisotopic (exact) mass is 296 g/mol. The van der Waals surface area contributed by atoms with Crippen molar-refractivity contribution in [2.45, 2.75) is 71.4 Å². The first kappa shape index (κ1) is 18.0. The molecule has 1 saturated carbocycles. The summed E-state index contributed by atoms with van der Waals surface area (Å²) < 4.78 is 5.16. The summed E-state index contributed by atoms with van der Waals surface area (Å²) in [6.45, 7) is 9.32. The fraction of sp³-hybridized carbons (Fsp3) is 0.824. The number of hydrogen-bond acceptors (Lipinski definition) is 3. The van der Waals surface area contributed by atoms with Crippen molar-refractivity contribution < 1.29 is 9.53 Å². The minimum Gasteiger partial charge on any atom is -0.444 e. The minimum absolute atomic E-state index is 0.363. The lowest BCUT2D eigenvalue weighted by molar-refractivity contribution is 0.0534. The van der Waals surface area contributed by atoms with Crippen molar-refractivity contribution in [3.05, 3.63) is 12.2 Å². The van der Waals surface area contributed by atoms with E-state index in [0.717, 1.165) is 12.5 Å². The molecule has 1 fully saturated rings. The zero-order valence-electron chi connectivity index (χ0n) is 14.1. The Kier molecular flexibility index (Phi) is 7.79. The Labute approximate surface area is 129 Å². The molecule has 0 radical (unpaired) electrons. The van der Waals surface area contributed by atoms with E-state index in [0.29, 0.717) is 12.6 Å². The molecule has 0 aromatic carbocycles. The van der Waals surface area contributed by atoms with E-state index in [4.69, 9.17) is 4.74 Å². The number of carbonyl (C=O) groups excluding carboxylic acids is 1. The summed E-state index contributed by atoms with van der Waals surface area (Å²) in [7, 11) is 0. The molecule has 2 atom stereocenters. The van der Waals surface area contributed by atoms with Gasteiger partial charge in [-0.15, -0.1) is 0 Å². The maximum Gasteiger partial charge on any atom is 0.407 e. The first-order valence-electron chi connectivity index (χ1n) is 8.22. The highest BCUT2D eigenvalue weighted by Gasteiger charge is 2.15. The van der Waals surface area contributed by atoms with Crippen LogP contribution in [0.5, 0.6) is 0 Å². The summed E-state index contributed by atoms with van der Waals surface area (Å²) in [5.41, 5.74) is -0.439. The van der Waals surface area contributed by atoms with Crippen LogP contribution in [0.2, 0.25) is 0 Å². The van der Waals surface area contributed by atoms with Crippen LogP contribution in [0.15, 0.2) is 12.2 Å². The van der Waals surface area contributed by atoms with E-state index in [1.807, 2.05) is 26.8 Å². The second-order valence-electron chi connectivity index (χ2n) is 7.07. The van der Waals surface area contributed by atoms with Gasteiger partial charge in [-0.05, 0) is 46.0 Å². The van der Waals surface area contributed by atoms with E-state index >= 15 is 0 Å². The molecule has 1 aliphatic rings. The summed E-state index contributed by atoms with van der Waals surface area (Å²) >= 11 is 0. The van der Waals surface area contributed by atoms with Gasteiger partial charge in [0.05, 0.1) is 0 Å². The first-order chi connectivity index (χ1) is 9.87. The van der Waals surface area contributed by atoms with Crippen LogP contribution >= 0.6 is 0 Å². The van der Waals surface area contributed by atoms with Crippen LogP contribution < -0.4 is 10.6 Å². The van der Waals surface area contributed by atoms with Gasteiger partial charge in [-0.25, -0.2) is 4.79 Å². The molecular formula is C17H32N2O2. The highest BCUT2D eigenvalue weighted by atomic mass is 16.6. The van der Waals surface area contributed by atoms with Crippen LogP contribution in [0, 0.1) is 5.92 Å². The van der Waals surface area contributed by atoms with Gasteiger partial charge >= 0.3 is 6.09 Å². The first-order valence-corrected chi connectivity index (χ1v) is 8.22. The van der Waals surface area contributed by atoms with Gasteiger partial charge in [0.1, 0.15) is 5.60 Å². The van der Waals surface area contributed by atoms with Crippen LogP contribution in [0.1, 0.15) is 59.8 Å². The van der Waals surface area contributed by atoms with Gasteiger partial charge in [-0.3, -0.25) is 0 Å². The van der Waals surface area contributed by atoms with Crippen molar-refractivity contribution >= 4 is 6.09 Å². The molecule has 0 saturated heterocycles. The molecule has 0 aromatic heterocycles. The second-order valence-corrected chi connectivity index (χ2v) is 7.07. The Morgan fingerprint density at radius 3 is 2.57 bits per heavy atom. The summed E-state index contributed by atoms with van der Waals surface area (Å²) in [5.74, 6) is 0.880. The third-order valence-corrected chi connectivity index (χ3v) is 3.71. The highest BCUT2D eigenvalue weighted by molar-refractivity contribution is 5.67. The predicted molar refractivity (Wildman–Crippen MR) is 87.4 cm³/mol. The highest BCUT2D eigenvalue weighted by Crippen LogP contribution is 2.22. The molecule has 0 spiro atoms. The predicted octanol–water partition coefficient (Wildman–Crippen LogP) is 3.63. The van der Waals surface area contributed by atoms with Crippen molar-refractivity contribution in [3.63, 3.8) is 0 Å². The van der Waals surface area contributed by atoms with E-state index in [-0.39, 0.29) is 6.09 Å². The van der Waals surface area contributed by atoms with Gasteiger partial charge < -0.3 is 15.4 Å². The van der Waals surface area contributed by atoms with Gasteiger partial charge in [-0.2, -0.15) is 0 Å². The smallest absolute Gasteiger partial charge is 0.407 e. The van der Waals surface area contributed by atoms with Crippen molar-refractivity contribution in [2.24, 2.45) is 5.92 Å². The lowest BCUT2D eigenvalue weighted by Gasteiger charge is -2.19. The topological polar surface area (TPSA) is 50.4 Å². The number of nitrogens with one attached hydrogen (secondary N) is 2. The Bertz CT molecular complexity index is 334. The summed E-state index contributed by atoms with van der Waals surface area (Å²) in [6.07, 6.45) is 10.3. The van der Waals surface area contributed by atoms with E-state index in [1.165, 1.54) is 32.1 Å². The number of hydrogen-bond donors (Lipinski definition) is 2. The molecule has 2 unspecified atom stereocenters. The Balaban J connectivity index is 2.08. The average Bonchev–Trinajstić information content (AvgIpc) is 2.56. The maximum absolute atomic E-state index is 11.4. The molecule has 1 rings (SSSR count). The van der Waals surface area contributed by atoms with Crippen LogP contribution in [0.3, 0.4) is 0 Å². The quantitative estimate of drug-likeness (QED) is 0.602. The summed E-state index contributed by atoms with van der Waals surface area (Å²) in [6, 6.07) is 0.651. The van der Waals surface area contributed by atoms with Gasteiger partial charge in [0.2, 0.25) is 0 Å². The SMILES string of the molecule is CC1CCCC(NC/C=C/CNC(=O)OC(C)(C)C)CC1. The Hall–Kier alpha value is -1.03.